The topological polar surface area (TPSA) is 93.1 Å². The SMILES string of the molecule is CNC(=O)c1cccc(F)c1Nc1nc(Nc2ccc3c(c2)-n2cccc2C=CO3)ncc1Cl. The summed E-state index contributed by atoms with van der Waals surface area (Å²) in [5.74, 6) is -0.00401. The number of carbonyl (C=O) groups excluding carboxylic acids is 1. The predicted molar refractivity (Wildman–Crippen MR) is 129 cm³/mol. The van der Waals surface area contributed by atoms with Crippen molar-refractivity contribution < 1.29 is 13.9 Å². The number of nitrogens with one attached hydrogen (secondary N) is 3. The Hall–Kier alpha value is -4.37. The molecule has 0 fully saturated rings. The summed E-state index contributed by atoms with van der Waals surface area (Å²) in [6.45, 7) is 0. The summed E-state index contributed by atoms with van der Waals surface area (Å²) < 4.78 is 22.2. The van der Waals surface area contributed by atoms with Crippen molar-refractivity contribution >= 4 is 46.7 Å². The van der Waals surface area contributed by atoms with E-state index in [0.717, 1.165) is 11.4 Å². The number of para-hydroxylation sites is 1. The molecule has 1 amide bonds. The van der Waals surface area contributed by atoms with Crippen LogP contribution < -0.4 is 20.7 Å². The highest BCUT2D eigenvalue weighted by atomic mass is 35.5. The molecular weight excluding hydrogens is 459 g/mol. The van der Waals surface area contributed by atoms with Crippen molar-refractivity contribution in [1.82, 2.24) is 19.9 Å². The van der Waals surface area contributed by atoms with Crippen LogP contribution in [0.1, 0.15) is 16.1 Å². The zero-order valence-electron chi connectivity index (χ0n) is 17.8. The van der Waals surface area contributed by atoms with Gasteiger partial charge in [0.25, 0.3) is 5.91 Å². The Morgan fingerprint density at radius 3 is 2.88 bits per heavy atom. The first-order valence-corrected chi connectivity index (χ1v) is 10.6. The molecular formula is C24H18ClFN6O2. The van der Waals surface area contributed by atoms with Crippen molar-refractivity contribution in [2.75, 3.05) is 17.7 Å². The van der Waals surface area contributed by atoms with Gasteiger partial charge in [0.2, 0.25) is 5.95 Å². The van der Waals surface area contributed by atoms with Crippen LogP contribution in [0.25, 0.3) is 11.8 Å². The fraction of sp³-hybridized carbons (Fsp3) is 0.0417. The summed E-state index contributed by atoms with van der Waals surface area (Å²) in [7, 11) is 1.47. The molecule has 0 saturated heterocycles. The summed E-state index contributed by atoms with van der Waals surface area (Å²) in [5.41, 5.74) is 2.59. The van der Waals surface area contributed by atoms with Crippen LogP contribution >= 0.6 is 11.6 Å². The van der Waals surface area contributed by atoms with E-state index >= 15 is 0 Å². The third kappa shape index (κ3) is 4.04. The van der Waals surface area contributed by atoms with Gasteiger partial charge in [-0.25, -0.2) is 9.37 Å². The molecule has 0 bridgehead atoms. The maximum Gasteiger partial charge on any atom is 0.253 e. The minimum Gasteiger partial charge on any atom is -0.463 e. The van der Waals surface area contributed by atoms with Crippen LogP contribution in [0.5, 0.6) is 5.75 Å². The highest BCUT2D eigenvalue weighted by Gasteiger charge is 2.17. The molecule has 0 atom stereocenters. The van der Waals surface area contributed by atoms with Crippen molar-refractivity contribution in [3.8, 4) is 11.4 Å². The van der Waals surface area contributed by atoms with Crippen LogP contribution in [0.3, 0.4) is 0 Å². The van der Waals surface area contributed by atoms with Gasteiger partial charge in [0.05, 0.1) is 29.4 Å². The first kappa shape index (κ1) is 21.5. The molecule has 2 aromatic heterocycles. The molecule has 0 aliphatic carbocycles. The van der Waals surface area contributed by atoms with Crippen LogP contribution in [0, 0.1) is 5.82 Å². The number of carbonyl (C=O) groups is 1. The molecule has 170 valence electrons. The van der Waals surface area contributed by atoms with E-state index in [4.69, 9.17) is 16.3 Å². The minimum absolute atomic E-state index is 0.0387. The van der Waals surface area contributed by atoms with Crippen LogP contribution in [0.15, 0.2) is 67.2 Å². The minimum atomic E-state index is -0.618. The molecule has 1 aliphatic heterocycles. The standard InChI is InChI=1S/C24H18ClFN6O2/c1-27-23(33)16-5-2-6-18(26)21(16)30-22-17(25)13-28-24(31-22)29-14-7-8-20-19(12-14)32-10-3-4-15(32)9-11-34-20/h2-13H,1H3,(H,27,33)(H2,28,29,30,31). The Balaban J connectivity index is 1.46. The van der Waals surface area contributed by atoms with Gasteiger partial charge in [0.1, 0.15) is 10.8 Å². The second kappa shape index (κ2) is 8.87. The van der Waals surface area contributed by atoms with Gasteiger partial charge in [-0.1, -0.05) is 17.7 Å². The zero-order chi connectivity index (χ0) is 23.7. The van der Waals surface area contributed by atoms with E-state index in [1.807, 2.05) is 47.2 Å². The highest BCUT2D eigenvalue weighted by Crippen LogP contribution is 2.33. The number of rotatable bonds is 5. The Kier molecular flexibility index (Phi) is 5.60. The fourth-order valence-corrected chi connectivity index (χ4v) is 3.69. The number of amides is 1. The predicted octanol–water partition coefficient (Wildman–Crippen LogP) is 5.27. The van der Waals surface area contributed by atoms with E-state index in [-0.39, 0.29) is 28.0 Å². The lowest BCUT2D eigenvalue weighted by atomic mass is 10.1. The number of hydrogen-bond acceptors (Lipinski definition) is 6. The first-order valence-electron chi connectivity index (χ1n) is 10.3. The van der Waals surface area contributed by atoms with Gasteiger partial charge in [0, 0.05) is 24.6 Å². The number of aromatic nitrogens is 3. The Morgan fingerprint density at radius 2 is 2.03 bits per heavy atom. The van der Waals surface area contributed by atoms with Gasteiger partial charge < -0.3 is 25.3 Å². The van der Waals surface area contributed by atoms with E-state index in [1.165, 1.54) is 31.4 Å². The molecule has 0 saturated carbocycles. The molecule has 3 N–H and O–H groups in total. The number of nitrogens with zero attached hydrogens (tertiary/aromatic N) is 3. The molecule has 34 heavy (non-hydrogen) atoms. The molecule has 0 spiro atoms. The molecule has 1 aliphatic rings. The van der Waals surface area contributed by atoms with Gasteiger partial charge in [-0.05, 0) is 48.5 Å². The molecule has 8 nitrogen and oxygen atoms in total. The number of benzene rings is 2. The zero-order valence-corrected chi connectivity index (χ0v) is 18.6. The summed E-state index contributed by atoms with van der Waals surface area (Å²) in [6.07, 6.45) is 6.85. The van der Waals surface area contributed by atoms with E-state index in [2.05, 4.69) is 25.9 Å². The lowest BCUT2D eigenvalue weighted by molar-refractivity contribution is 0.0963. The molecule has 4 aromatic rings. The van der Waals surface area contributed by atoms with Crippen molar-refractivity contribution in [1.29, 1.82) is 0 Å². The maximum absolute atomic E-state index is 14.5. The van der Waals surface area contributed by atoms with E-state index in [9.17, 15) is 9.18 Å². The summed E-state index contributed by atoms with van der Waals surface area (Å²) >= 11 is 6.26. The van der Waals surface area contributed by atoms with E-state index < -0.39 is 11.7 Å². The van der Waals surface area contributed by atoms with Crippen molar-refractivity contribution in [2.24, 2.45) is 0 Å². The summed E-state index contributed by atoms with van der Waals surface area (Å²) in [4.78, 5) is 20.8. The van der Waals surface area contributed by atoms with Gasteiger partial charge >= 0.3 is 0 Å². The molecule has 3 heterocycles. The number of ether oxygens (including phenoxy) is 1. The summed E-state index contributed by atoms with van der Waals surface area (Å²) in [5, 5.41) is 8.61. The molecule has 5 rings (SSSR count). The number of halogens is 2. The maximum atomic E-state index is 14.5. The van der Waals surface area contributed by atoms with Gasteiger partial charge in [0.15, 0.2) is 11.6 Å². The second-order valence-electron chi connectivity index (χ2n) is 7.29. The Labute approximate surface area is 199 Å². The molecule has 0 radical (unpaired) electrons. The highest BCUT2D eigenvalue weighted by molar-refractivity contribution is 6.33. The first-order chi connectivity index (χ1) is 16.5. The van der Waals surface area contributed by atoms with Crippen LogP contribution in [0.2, 0.25) is 5.02 Å². The Bertz CT molecular complexity index is 1430. The number of fused-ring (bicyclic) bond motifs is 3. The molecule has 10 heteroatoms. The Morgan fingerprint density at radius 1 is 1.15 bits per heavy atom. The number of hydrogen-bond donors (Lipinski definition) is 3. The third-order valence-electron chi connectivity index (χ3n) is 5.16. The fourth-order valence-electron chi connectivity index (χ4n) is 3.55. The van der Waals surface area contributed by atoms with Crippen LogP contribution in [-0.2, 0) is 0 Å². The normalized spacial score (nSPS) is 11.6. The average Bonchev–Trinajstić information content (AvgIpc) is 3.24. The van der Waals surface area contributed by atoms with Crippen molar-refractivity contribution in [3.05, 3.63) is 89.3 Å². The second-order valence-corrected chi connectivity index (χ2v) is 7.70. The largest absolute Gasteiger partial charge is 0.463 e. The van der Waals surface area contributed by atoms with Crippen molar-refractivity contribution in [3.63, 3.8) is 0 Å². The lowest BCUT2D eigenvalue weighted by Crippen LogP contribution is -2.19. The number of anilines is 4. The van der Waals surface area contributed by atoms with Crippen molar-refractivity contribution in [2.45, 2.75) is 0 Å². The van der Waals surface area contributed by atoms with Gasteiger partial charge in [-0.3, -0.25) is 4.79 Å². The average molecular weight is 477 g/mol. The smallest absolute Gasteiger partial charge is 0.253 e. The molecule has 2 aromatic carbocycles. The molecule has 0 unspecified atom stereocenters. The quantitative estimate of drug-likeness (QED) is 0.363. The monoisotopic (exact) mass is 476 g/mol. The van der Waals surface area contributed by atoms with E-state index in [0.29, 0.717) is 11.4 Å². The van der Waals surface area contributed by atoms with Crippen LogP contribution in [0.4, 0.5) is 27.5 Å². The van der Waals surface area contributed by atoms with Gasteiger partial charge in [-0.15, -0.1) is 0 Å². The van der Waals surface area contributed by atoms with E-state index in [1.54, 1.807) is 6.26 Å². The third-order valence-corrected chi connectivity index (χ3v) is 5.44. The summed E-state index contributed by atoms with van der Waals surface area (Å²) in [6, 6.07) is 13.7. The lowest BCUT2D eigenvalue weighted by Gasteiger charge is -2.14. The van der Waals surface area contributed by atoms with Gasteiger partial charge in [-0.2, -0.15) is 4.98 Å². The van der Waals surface area contributed by atoms with Crippen LogP contribution in [-0.4, -0.2) is 27.5 Å².